The molecule has 2 aliphatic heterocycles. The smallest absolute Gasteiger partial charge is 0.325 e. The Morgan fingerprint density at radius 3 is 2.79 bits per heavy atom. The maximum Gasteiger partial charge on any atom is 0.352 e. The summed E-state index contributed by atoms with van der Waals surface area (Å²) < 4.78 is 11.0. The van der Waals surface area contributed by atoms with Gasteiger partial charge in [-0.25, -0.2) is 4.79 Å². The van der Waals surface area contributed by atoms with Crippen LogP contribution in [0.15, 0.2) is 39.9 Å². The molecular formula is C14H13N3O2. The summed E-state index contributed by atoms with van der Waals surface area (Å²) in [7, 11) is 1.38. The van der Waals surface area contributed by atoms with Crippen LogP contribution in [-0.4, -0.2) is 14.1 Å². The summed E-state index contributed by atoms with van der Waals surface area (Å²) in [6, 6.07) is 7.46. The van der Waals surface area contributed by atoms with Crippen LogP contribution in [0.2, 0.25) is 0 Å². The van der Waals surface area contributed by atoms with Crippen LogP contribution in [0, 0.1) is 0 Å². The highest BCUT2D eigenvalue weighted by Gasteiger charge is 2.17. The van der Waals surface area contributed by atoms with Crippen molar-refractivity contribution in [3.63, 3.8) is 0 Å². The third-order valence-electron chi connectivity index (χ3n) is 3.26. The van der Waals surface area contributed by atoms with Gasteiger partial charge in [0.1, 0.15) is 0 Å². The van der Waals surface area contributed by atoms with E-state index in [1.807, 2.05) is 25.1 Å². The minimum absolute atomic E-state index is 0.119. The van der Waals surface area contributed by atoms with E-state index in [0.29, 0.717) is 11.9 Å². The van der Waals surface area contributed by atoms with Crippen LogP contribution in [0.1, 0.15) is 8.29 Å². The van der Waals surface area contributed by atoms with E-state index >= 15 is 0 Å². The SMILES string of the molecule is [2H]c1c2c(=O)n(C)c(=O)nc-2n(CC)c2ccccc12. The molecule has 0 fully saturated rings. The Kier molecular flexibility index (Phi) is 2.24. The molecule has 1 aromatic rings. The normalized spacial score (nSPS) is 12.0. The number of pyridine rings is 1. The van der Waals surface area contributed by atoms with E-state index in [1.54, 1.807) is 10.6 Å². The van der Waals surface area contributed by atoms with E-state index in [9.17, 15) is 9.59 Å². The zero-order valence-electron chi connectivity index (χ0n) is 11.7. The fourth-order valence-electron chi connectivity index (χ4n) is 2.26. The molecule has 96 valence electrons. The first kappa shape index (κ1) is 10.5. The Labute approximate surface area is 110 Å². The number of aromatic nitrogens is 3. The van der Waals surface area contributed by atoms with E-state index in [-0.39, 0.29) is 17.4 Å². The molecule has 0 radical (unpaired) electrons. The summed E-state index contributed by atoms with van der Waals surface area (Å²) >= 11 is 0. The van der Waals surface area contributed by atoms with Crippen molar-refractivity contribution in [1.82, 2.24) is 14.1 Å². The highest BCUT2D eigenvalue weighted by molar-refractivity contribution is 5.85. The number of aryl methyl sites for hydroxylation is 1. The van der Waals surface area contributed by atoms with Crippen LogP contribution in [0.5, 0.6) is 0 Å². The highest BCUT2D eigenvalue weighted by Crippen LogP contribution is 2.23. The summed E-state index contributed by atoms with van der Waals surface area (Å²) in [6.07, 6.45) is 0. The number of nitrogens with zero attached hydrogens (tertiary/aromatic N) is 3. The van der Waals surface area contributed by atoms with Crippen LogP contribution >= 0.6 is 0 Å². The lowest BCUT2D eigenvalue weighted by atomic mass is 10.1. The molecule has 0 saturated carbocycles. The summed E-state index contributed by atoms with van der Waals surface area (Å²) in [5.41, 5.74) is -0.0855. The van der Waals surface area contributed by atoms with E-state index in [4.69, 9.17) is 1.37 Å². The molecule has 0 saturated heterocycles. The lowest BCUT2D eigenvalue weighted by Gasteiger charge is -2.16. The molecule has 0 spiro atoms. The Morgan fingerprint density at radius 2 is 2.05 bits per heavy atom. The fraction of sp³-hybridized carbons (Fsp3) is 0.214. The van der Waals surface area contributed by atoms with E-state index in [0.717, 1.165) is 10.1 Å². The Hall–Kier alpha value is -2.43. The molecular weight excluding hydrogens is 242 g/mol. The Morgan fingerprint density at radius 1 is 1.32 bits per heavy atom. The third kappa shape index (κ3) is 1.58. The van der Waals surface area contributed by atoms with Gasteiger partial charge in [0, 0.05) is 19.1 Å². The molecule has 5 nitrogen and oxygen atoms in total. The predicted molar refractivity (Wildman–Crippen MR) is 73.5 cm³/mol. The van der Waals surface area contributed by atoms with E-state index in [1.165, 1.54) is 7.05 Å². The van der Waals surface area contributed by atoms with Gasteiger partial charge in [-0.3, -0.25) is 9.36 Å². The minimum Gasteiger partial charge on any atom is -0.325 e. The van der Waals surface area contributed by atoms with Crippen molar-refractivity contribution in [3.8, 4) is 11.4 Å². The predicted octanol–water partition coefficient (Wildman–Crippen LogP) is 1.22. The van der Waals surface area contributed by atoms with Gasteiger partial charge in [0.05, 0.1) is 6.93 Å². The van der Waals surface area contributed by atoms with Crippen molar-refractivity contribution in [2.45, 2.75) is 13.5 Å². The number of hydrogen-bond acceptors (Lipinski definition) is 3. The number of hydrogen-bond donors (Lipinski definition) is 0. The Bertz CT molecular complexity index is 911. The molecule has 19 heavy (non-hydrogen) atoms. The first-order valence-electron chi connectivity index (χ1n) is 6.55. The number of fused-ring (bicyclic) bond motifs is 2. The molecule has 5 heteroatoms. The molecule has 0 aliphatic carbocycles. The zero-order chi connectivity index (χ0) is 14.4. The highest BCUT2D eigenvalue weighted by atomic mass is 16.2. The molecule has 0 unspecified atom stereocenters. The van der Waals surface area contributed by atoms with Gasteiger partial charge in [0.25, 0.3) is 5.56 Å². The van der Waals surface area contributed by atoms with Gasteiger partial charge in [-0.1, -0.05) is 18.2 Å². The average molecular weight is 256 g/mol. The van der Waals surface area contributed by atoms with Crippen LogP contribution in [0.4, 0.5) is 0 Å². The van der Waals surface area contributed by atoms with Gasteiger partial charge in [-0.2, -0.15) is 4.98 Å². The lowest BCUT2D eigenvalue weighted by Crippen LogP contribution is -2.35. The van der Waals surface area contributed by atoms with Gasteiger partial charge in [0.15, 0.2) is 5.82 Å². The molecule has 0 N–H and O–H groups in total. The second kappa shape index (κ2) is 4.05. The van der Waals surface area contributed by atoms with Gasteiger partial charge < -0.3 is 4.57 Å². The average Bonchev–Trinajstić information content (AvgIpc) is 2.45. The standard InChI is InChI=1S/C14H13N3O2/c1-3-17-11-7-5-4-6-9(11)8-10-12(17)15-14(19)16(2)13(10)18/h4-8H,3H2,1-2H3/i8D. The third-order valence-corrected chi connectivity index (χ3v) is 3.26. The monoisotopic (exact) mass is 256 g/mol. The molecule has 0 aromatic heterocycles. The van der Waals surface area contributed by atoms with E-state index < -0.39 is 11.2 Å². The second-order valence-corrected chi connectivity index (χ2v) is 4.34. The molecule has 2 aliphatic rings. The fourth-order valence-corrected chi connectivity index (χ4v) is 2.26. The lowest BCUT2D eigenvalue weighted by molar-refractivity contribution is 0.726. The molecule has 0 amide bonds. The maximum atomic E-state index is 12.3. The summed E-state index contributed by atoms with van der Waals surface area (Å²) in [5, 5.41) is 0.680. The van der Waals surface area contributed by atoms with Crippen molar-refractivity contribution in [2.75, 3.05) is 0 Å². The molecule has 2 heterocycles. The minimum atomic E-state index is -0.598. The van der Waals surface area contributed by atoms with Crippen molar-refractivity contribution in [3.05, 3.63) is 51.1 Å². The largest absolute Gasteiger partial charge is 0.352 e. The van der Waals surface area contributed by atoms with Crippen LogP contribution < -0.4 is 11.2 Å². The zero-order valence-corrected chi connectivity index (χ0v) is 10.7. The quantitative estimate of drug-likeness (QED) is 0.615. The summed E-state index contributed by atoms with van der Waals surface area (Å²) in [4.78, 5) is 28.0. The van der Waals surface area contributed by atoms with Gasteiger partial charge in [-0.15, -0.1) is 0 Å². The summed E-state index contributed by atoms with van der Waals surface area (Å²) in [6.45, 7) is 2.48. The molecule has 0 atom stereocenters. The van der Waals surface area contributed by atoms with Crippen molar-refractivity contribution < 1.29 is 1.37 Å². The Balaban J connectivity index is 2.71. The number of benzene rings is 1. The molecule has 3 rings (SSSR count). The first-order chi connectivity index (χ1) is 9.56. The van der Waals surface area contributed by atoms with E-state index in [2.05, 4.69) is 4.98 Å². The molecule has 1 aromatic carbocycles. The van der Waals surface area contributed by atoms with Crippen molar-refractivity contribution in [1.29, 1.82) is 0 Å². The second-order valence-electron chi connectivity index (χ2n) is 4.34. The molecule has 0 bridgehead atoms. The first-order valence-corrected chi connectivity index (χ1v) is 6.05. The van der Waals surface area contributed by atoms with Gasteiger partial charge >= 0.3 is 5.69 Å². The number of rotatable bonds is 1. The number of para-hydroxylation sites is 1. The van der Waals surface area contributed by atoms with Gasteiger partial charge in [0.2, 0.25) is 0 Å². The van der Waals surface area contributed by atoms with Crippen molar-refractivity contribution in [2.24, 2.45) is 7.05 Å². The van der Waals surface area contributed by atoms with Gasteiger partial charge in [-0.05, 0) is 24.4 Å². The topological polar surface area (TPSA) is 56.9 Å². The summed E-state index contributed by atoms with van der Waals surface area (Å²) in [5.74, 6) is 0.282. The maximum absolute atomic E-state index is 12.3. The van der Waals surface area contributed by atoms with Crippen LogP contribution in [0.3, 0.4) is 0 Å². The van der Waals surface area contributed by atoms with Crippen molar-refractivity contribution >= 4 is 10.9 Å². The van der Waals surface area contributed by atoms with Crippen LogP contribution in [0.25, 0.3) is 22.3 Å². The van der Waals surface area contributed by atoms with Crippen LogP contribution in [-0.2, 0) is 13.6 Å².